The topological polar surface area (TPSA) is 87.7 Å². The van der Waals surface area contributed by atoms with Crippen LogP contribution in [0.4, 0.5) is 5.69 Å². The molecule has 1 heterocycles. The molecule has 1 aliphatic heterocycles. The molecule has 0 saturated heterocycles. The van der Waals surface area contributed by atoms with Crippen molar-refractivity contribution in [3.05, 3.63) is 103 Å². The Hall–Kier alpha value is -3.74. The molecule has 3 aromatic rings. The standard InChI is InChI=1S/C27H26N2O4/c30-18-25-24(29-27(32)21-9-5-2-6-10-21)16-15-23(33-25)17-26(31)28-22-13-11-20(12-14-22)19-7-3-1-4-8-19/h1-16,23-25,30H,17-18H2,(H,28,31)(H,29,32)/t23-,24-,25-/m1/s1. The number of carbonyl (C=O) groups is 2. The van der Waals surface area contributed by atoms with Gasteiger partial charge in [-0.3, -0.25) is 9.59 Å². The van der Waals surface area contributed by atoms with Crippen molar-refractivity contribution in [3.8, 4) is 11.1 Å². The summed E-state index contributed by atoms with van der Waals surface area (Å²) in [5.74, 6) is -0.442. The maximum atomic E-state index is 12.5. The van der Waals surface area contributed by atoms with E-state index in [1.165, 1.54) is 0 Å². The molecule has 0 radical (unpaired) electrons. The number of benzene rings is 3. The summed E-state index contributed by atoms with van der Waals surface area (Å²) in [6, 6.07) is 26.0. The quantitative estimate of drug-likeness (QED) is 0.486. The van der Waals surface area contributed by atoms with E-state index in [1.54, 1.807) is 36.4 Å². The second-order valence-electron chi connectivity index (χ2n) is 7.84. The van der Waals surface area contributed by atoms with Gasteiger partial charge in [-0.2, -0.15) is 0 Å². The minimum atomic E-state index is -0.634. The number of hydrogen-bond acceptors (Lipinski definition) is 4. The number of aliphatic hydroxyl groups excluding tert-OH is 1. The zero-order valence-electron chi connectivity index (χ0n) is 18.1. The molecule has 2 amide bonds. The number of ether oxygens (including phenoxy) is 1. The Bertz CT molecular complexity index is 1100. The molecule has 0 spiro atoms. The van der Waals surface area contributed by atoms with Gasteiger partial charge in [-0.1, -0.05) is 72.8 Å². The van der Waals surface area contributed by atoms with Crippen LogP contribution in [-0.4, -0.2) is 41.8 Å². The van der Waals surface area contributed by atoms with Gasteiger partial charge in [0.1, 0.15) is 6.10 Å². The molecule has 4 rings (SSSR count). The predicted octanol–water partition coefficient (Wildman–Crippen LogP) is 3.80. The SMILES string of the molecule is O=C(C[C@H]1C=C[C@@H](NC(=O)c2ccccc2)[C@@H](CO)O1)Nc1ccc(-c2ccccc2)cc1. The molecular weight excluding hydrogens is 416 g/mol. The lowest BCUT2D eigenvalue weighted by Crippen LogP contribution is -2.48. The van der Waals surface area contributed by atoms with Crippen molar-refractivity contribution in [2.75, 3.05) is 11.9 Å². The first-order valence-electron chi connectivity index (χ1n) is 10.9. The fourth-order valence-corrected chi connectivity index (χ4v) is 3.73. The zero-order chi connectivity index (χ0) is 23.0. The van der Waals surface area contributed by atoms with Crippen molar-refractivity contribution < 1.29 is 19.4 Å². The Labute approximate surface area is 192 Å². The molecule has 0 unspecified atom stereocenters. The van der Waals surface area contributed by atoms with Gasteiger partial charge in [0, 0.05) is 11.3 Å². The number of anilines is 1. The lowest BCUT2D eigenvalue weighted by atomic mass is 10.0. The normalized spacial score (nSPS) is 19.6. The highest BCUT2D eigenvalue weighted by molar-refractivity contribution is 5.94. The number of aliphatic hydroxyl groups is 1. The van der Waals surface area contributed by atoms with Crippen molar-refractivity contribution >= 4 is 17.5 Å². The highest BCUT2D eigenvalue weighted by Crippen LogP contribution is 2.22. The summed E-state index contributed by atoms with van der Waals surface area (Å²) in [5.41, 5.74) is 3.41. The summed E-state index contributed by atoms with van der Waals surface area (Å²) in [4.78, 5) is 24.9. The van der Waals surface area contributed by atoms with Gasteiger partial charge in [0.05, 0.1) is 25.2 Å². The van der Waals surface area contributed by atoms with E-state index >= 15 is 0 Å². The monoisotopic (exact) mass is 442 g/mol. The first-order chi connectivity index (χ1) is 16.1. The lowest BCUT2D eigenvalue weighted by molar-refractivity contribution is -0.120. The van der Waals surface area contributed by atoms with Gasteiger partial charge in [-0.05, 0) is 35.4 Å². The van der Waals surface area contributed by atoms with Crippen LogP contribution in [0.25, 0.3) is 11.1 Å². The molecule has 1 aliphatic rings. The third kappa shape index (κ3) is 5.94. The summed E-state index contributed by atoms with van der Waals surface area (Å²) in [7, 11) is 0. The maximum Gasteiger partial charge on any atom is 0.251 e. The average Bonchev–Trinajstić information content (AvgIpc) is 2.86. The minimum Gasteiger partial charge on any atom is -0.394 e. The third-order valence-corrected chi connectivity index (χ3v) is 5.46. The summed E-state index contributed by atoms with van der Waals surface area (Å²) in [5, 5.41) is 15.5. The van der Waals surface area contributed by atoms with Crippen LogP contribution in [0.1, 0.15) is 16.8 Å². The van der Waals surface area contributed by atoms with Gasteiger partial charge >= 0.3 is 0 Å². The predicted molar refractivity (Wildman–Crippen MR) is 128 cm³/mol. The Kier molecular flexibility index (Phi) is 7.29. The summed E-state index contributed by atoms with van der Waals surface area (Å²) < 4.78 is 5.86. The fourth-order valence-electron chi connectivity index (χ4n) is 3.73. The molecule has 0 saturated carbocycles. The van der Waals surface area contributed by atoms with Crippen molar-refractivity contribution in [3.63, 3.8) is 0 Å². The van der Waals surface area contributed by atoms with Crippen LogP contribution in [0.3, 0.4) is 0 Å². The van der Waals surface area contributed by atoms with Gasteiger partial charge in [0.25, 0.3) is 5.91 Å². The van der Waals surface area contributed by atoms with E-state index in [4.69, 9.17) is 4.74 Å². The average molecular weight is 443 g/mol. The van der Waals surface area contributed by atoms with Crippen molar-refractivity contribution in [2.45, 2.75) is 24.7 Å². The van der Waals surface area contributed by atoms with Crippen LogP contribution in [0.2, 0.25) is 0 Å². The Morgan fingerprint density at radius 1 is 0.818 bits per heavy atom. The lowest BCUT2D eigenvalue weighted by Gasteiger charge is -2.31. The summed E-state index contributed by atoms with van der Waals surface area (Å²) >= 11 is 0. The second kappa shape index (κ2) is 10.7. The van der Waals surface area contributed by atoms with Crippen molar-refractivity contribution in [1.29, 1.82) is 0 Å². The highest BCUT2D eigenvalue weighted by Gasteiger charge is 2.29. The number of rotatable bonds is 7. The molecule has 0 aromatic heterocycles. The molecule has 33 heavy (non-hydrogen) atoms. The fraction of sp³-hybridized carbons (Fsp3) is 0.185. The van der Waals surface area contributed by atoms with E-state index in [0.29, 0.717) is 11.3 Å². The summed E-state index contributed by atoms with van der Waals surface area (Å²) in [6.45, 7) is -0.275. The number of hydrogen-bond donors (Lipinski definition) is 3. The van der Waals surface area contributed by atoms with E-state index in [-0.39, 0.29) is 24.8 Å². The second-order valence-corrected chi connectivity index (χ2v) is 7.84. The van der Waals surface area contributed by atoms with E-state index in [1.807, 2.05) is 60.7 Å². The number of carbonyl (C=O) groups excluding carboxylic acids is 2. The van der Waals surface area contributed by atoms with Gasteiger partial charge < -0.3 is 20.5 Å². The van der Waals surface area contributed by atoms with Gasteiger partial charge in [-0.15, -0.1) is 0 Å². The Morgan fingerprint density at radius 2 is 1.45 bits per heavy atom. The molecule has 3 atom stereocenters. The van der Waals surface area contributed by atoms with Gasteiger partial charge in [0.2, 0.25) is 5.91 Å². The van der Waals surface area contributed by atoms with Crippen molar-refractivity contribution in [1.82, 2.24) is 5.32 Å². The van der Waals surface area contributed by atoms with Crippen LogP contribution < -0.4 is 10.6 Å². The molecule has 3 aromatic carbocycles. The first-order valence-corrected chi connectivity index (χ1v) is 10.9. The Balaban J connectivity index is 1.32. The third-order valence-electron chi connectivity index (χ3n) is 5.46. The smallest absolute Gasteiger partial charge is 0.251 e. The molecule has 168 valence electrons. The number of nitrogens with one attached hydrogen (secondary N) is 2. The Morgan fingerprint density at radius 3 is 2.12 bits per heavy atom. The van der Waals surface area contributed by atoms with Crippen LogP contribution in [0.15, 0.2) is 97.1 Å². The maximum absolute atomic E-state index is 12.5. The largest absolute Gasteiger partial charge is 0.394 e. The molecule has 3 N–H and O–H groups in total. The minimum absolute atomic E-state index is 0.104. The molecule has 0 fully saturated rings. The first kappa shape index (κ1) is 22.5. The summed E-state index contributed by atoms with van der Waals surface area (Å²) in [6.07, 6.45) is 2.51. The zero-order valence-corrected chi connectivity index (χ0v) is 18.1. The van der Waals surface area contributed by atoms with Crippen LogP contribution in [0, 0.1) is 0 Å². The van der Waals surface area contributed by atoms with Crippen LogP contribution in [-0.2, 0) is 9.53 Å². The van der Waals surface area contributed by atoms with E-state index in [9.17, 15) is 14.7 Å². The molecule has 6 nitrogen and oxygen atoms in total. The van der Waals surface area contributed by atoms with E-state index in [0.717, 1.165) is 11.1 Å². The van der Waals surface area contributed by atoms with Gasteiger partial charge in [0.15, 0.2) is 0 Å². The molecule has 0 bridgehead atoms. The van der Waals surface area contributed by atoms with Crippen LogP contribution >= 0.6 is 0 Å². The molecule has 6 heteroatoms. The van der Waals surface area contributed by atoms with E-state index in [2.05, 4.69) is 10.6 Å². The number of amides is 2. The van der Waals surface area contributed by atoms with Crippen LogP contribution in [0.5, 0.6) is 0 Å². The molecule has 0 aliphatic carbocycles. The van der Waals surface area contributed by atoms with E-state index < -0.39 is 18.2 Å². The van der Waals surface area contributed by atoms with Crippen molar-refractivity contribution in [2.24, 2.45) is 0 Å². The highest BCUT2D eigenvalue weighted by atomic mass is 16.5. The molecular formula is C27H26N2O4. The van der Waals surface area contributed by atoms with Gasteiger partial charge in [-0.25, -0.2) is 0 Å².